The van der Waals surface area contributed by atoms with Crippen molar-refractivity contribution in [3.8, 4) is 0 Å². The average Bonchev–Trinajstić information content (AvgIpc) is 2.50. The Hall–Kier alpha value is -1.10. The standard InChI is InChI=1S/C13H16ClNO3/c1-13(18-12(17)7-16)8-15-5-4-9-2-3-10(14)6-11(9)13/h2-3,6,15-16H,4-5,7-8H2,1H3/t13-/m0/s1. The van der Waals surface area contributed by atoms with E-state index in [1.165, 1.54) is 0 Å². The van der Waals surface area contributed by atoms with Gasteiger partial charge in [-0.15, -0.1) is 0 Å². The molecular formula is C13H16ClNO3. The van der Waals surface area contributed by atoms with Crippen LogP contribution in [0.4, 0.5) is 0 Å². The fourth-order valence-corrected chi connectivity index (χ4v) is 2.45. The summed E-state index contributed by atoms with van der Waals surface area (Å²) >= 11 is 6.02. The highest BCUT2D eigenvalue weighted by molar-refractivity contribution is 6.30. The molecule has 98 valence electrons. The molecule has 1 atom stereocenters. The fraction of sp³-hybridized carbons (Fsp3) is 0.462. The molecule has 0 aromatic heterocycles. The first kappa shape index (κ1) is 13.3. The zero-order chi connectivity index (χ0) is 13.2. The summed E-state index contributed by atoms with van der Waals surface area (Å²) in [6.07, 6.45) is 0.860. The molecule has 0 saturated heterocycles. The van der Waals surface area contributed by atoms with Gasteiger partial charge in [-0.3, -0.25) is 0 Å². The summed E-state index contributed by atoms with van der Waals surface area (Å²) in [5.74, 6) is -0.632. The summed E-state index contributed by atoms with van der Waals surface area (Å²) < 4.78 is 5.38. The van der Waals surface area contributed by atoms with Crippen LogP contribution >= 0.6 is 11.6 Å². The average molecular weight is 270 g/mol. The quantitative estimate of drug-likeness (QED) is 0.793. The van der Waals surface area contributed by atoms with Crippen LogP contribution in [0.2, 0.25) is 5.02 Å². The number of fused-ring (bicyclic) bond motifs is 1. The maximum Gasteiger partial charge on any atom is 0.332 e. The minimum absolute atomic E-state index is 0.506. The van der Waals surface area contributed by atoms with E-state index >= 15 is 0 Å². The molecule has 2 N–H and O–H groups in total. The van der Waals surface area contributed by atoms with Gasteiger partial charge in [0.25, 0.3) is 0 Å². The van der Waals surface area contributed by atoms with E-state index in [9.17, 15) is 4.79 Å². The Morgan fingerprint density at radius 3 is 3.11 bits per heavy atom. The summed E-state index contributed by atoms with van der Waals surface area (Å²) in [6, 6.07) is 5.62. The number of aliphatic hydroxyl groups is 1. The normalized spacial score (nSPS) is 23.1. The van der Waals surface area contributed by atoms with Crippen LogP contribution in [-0.4, -0.2) is 30.8 Å². The van der Waals surface area contributed by atoms with Gasteiger partial charge in [-0.25, -0.2) is 4.79 Å². The number of carbonyl (C=O) groups excluding carboxylic acids is 1. The number of aliphatic hydroxyl groups excluding tert-OH is 1. The maximum absolute atomic E-state index is 11.4. The zero-order valence-electron chi connectivity index (χ0n) is 10.2. The number of nitrogens with one attached hydrogen (secondary N) is 1. The molecule has 0 aliphatic carbocycles. The Kier molecular flexibility index (Phi) is 3.90. The van der Waals surface area contributed by atoms with Crippen molar-refractivity contribution in [2.24, 2.45) is 0 Å². The lowest BCUT2D eigenvalue weighted by Crippen LogP contribution is -2.39. The third kappa shape index (κ3) is 2.66. The molecule has 1 aliphatic rings. The van der Waals surface area contributed by atoms with Crippen LogP contribution in [0, 0.1) is 0 Å². The number of esters is 1. The van der Waals surface area contributed by atoms with Crippen molar-refractivity contribution in [3.63, 3.8) is 0 Å². The zero-order valence-corrected chi connectivity index (χ0v) is 11.0. The van der Waals surface area contributed by atoms with Crippen molar-refractivity contribution < 1.29 is 14.6 Å². The van der Waals surface area contributed by atoms with E-state index in [1.54, 1.807) is 0 Å². The van der Waals surface area contributed by atoms with Gasteiger partial charge in [0.1, 0.15) is 12.2 Å². The Balaban J connectivity index is 2.42. The second-order valence-electron chi connectivity index (χ2n) is 4.59. The van der Waals surface area contributed by atoms with E-state index in [-0.39, 0.29) is 0 Å². The van der Waals surface area contributed by atoms with Gasteiger partial charge >= 0.3 is 5.97 Å². The summed E-state index contributed by atoms with van der Waals surface area (Å²) in [4.78, 5) is 11.4. The molecule has 0 bridgehead atoms. The molecule has 5 heteroatoms. The minimum Gasteiger partial charge on any atom is -0.451 e. The Morgan fingerprint density at radius 1 is 1.61 bits per heavy atom. The van der Waals surface area contributed by atoms with Crippen LogP contribution in [0.15, 0.2) is 18.2 Å². The lowest BCUT2D eigenvalue weighted by Gasteiger charge is -2.30. The highest BCUT2D eigenvalue weighted by Crippen LogP contribution is 2.32. The molecular weight excluding hydrogens is 254 g/mol. The monoisotopic (exact) mass is 269 g/mol. The van der Waals surface area contributed by atoms with E-state index in [1.807, 2.05) is 25.1 Å². The van der Waals surface area contributed by atoms with E-state index in [4.69, 9.17) is 21.4 Å². The van der Waals surface area contributed by atoms with Crippen molar-refractivity contribution in [2.45, 2.75) is 18.9 Å². The topological polar surface area (TPSA) is 58.6 Å². The molecule has 18 heavy (non-hydrogen) atoms. The molecule has 0 spiro atoms. The van der Waals surface area contributed by atoms with Crippen LogP contribution in [0.1, 0.15) is 18.1 Å². The molecule has 1 aliphatic heterocycles. The number of halogens is 1. The molecule has 0 unspecified atom stereocenters. The van der Waals surface area contributed by atoms with Crippen LogP contribution < -0.4 is 5.32 Å². The predicted molar refractivity (Wildman–Crippen MR) is 68.6 cm³/mol. The number of carbonyl (C=O) groups is 1. The van der Waals surface area contributed by atoms with Gasteiger partial charge in [0, 0.05) is 17.1 Å². The number of hydrogen-bond donors (Lipinski definition) is 2. The Morgan fingerprint density at radius 2 is 2.39 bits per heavy atom. The van der Waals surface area contributed by atoms with Crippen LogP contribution in [0.5, 0.6) is 0 Å². The molecule has 0 amide bonds. The lowest BCUT2D eigenvalue weighted by molar-refractivity contribution is -0.162. The van der Waals surface area contributed by atoms with E-state index in [0.717, 1.165) is 24.1 Å². The third-order valence-electron chi connectivity index (χ3n) is 3.14. The highest BCUT2D eigenvalue weighted by atomic mass is 35.5. The first-order chi connectivity index (χ1) is 8.55. The number of benzene rings is 1. The Bertz CT molecular complexity index is 464. The summed E-state index contributed by atoms with van der Waals surface area (Å²) in [6.45, 7) is 2.53. The van der Waals surface area contributed by atoms with Crippen molar-refractivity contribution in [1.82, 2.24) is 5.32 Å². The van der Waals surface area contributed by atoms with Gasteiger partial charge in [-0.2, -0.15) is 0 Å². The van der Waals surface area contributed by atoms with Crippen molar-refractivity contribution in [1.29, 1.82) is 0 Å². The Labute approximate surface area is 111 Å². The molecule has 1 aromatic rings. The first-order valence-corrected chi connectivity index (χ1v) is 6.25. The van der Waals surface area contributed by atoms with Gasteiger partial charge in [0.15, 0.2) is 0 Å². The largest absolute Gasteiger partial charge is 0.451 e. The second kappa shape index (κ2) is 5.26. The van der Waals surface area contributed by atoms with E-state index < -0.39 is 18.2 Å². The first-order valence-electron chi connectivity index (χ1n) is 5.87. The van der Waals surface area contributed by atoms with Crippen molar-refractivity contribution in [2.75, 3.05) is 19.7 Å². The third-order valence-corrected chi connectivity index (χ3v) is 3.38. The van der Waals surface area contributed by atoms with Crippen LogP contribution in [0.25, 0.3) is 0 Å². The van der Waals surface area contributed by atoms with Crippen LogP contribution in [-0.2, 0) is 21.6 Å². The molecule has 2 rings (SSSR count). The van der Waals surface area contributed by atoms with Crippen LogP contribution in [0.3, 0.4) is 0 Å². The molecule has 1 aromatic carbocycles. The van der Waals surface area contributed by atoms with Gasteiger partial charge in [0.2, 0.25) is 0 Å². The second-order valence-corrected chi connectivity index (χ2v) is 5.03. The van der Waals surface area contributed by atoms with Gasteiger partial charge in [-0.05, 0) is 37.6 Å². The lowest BCUT2D eigenvalue weighted by atomic mass is 9.91. The summed E-state index contributed by atoms with van der Waals surface area (Å²) in [5, 5.41) is 12.7. The van der Waals surface area contributed by atoms with E-state index in [2.05, 4.69) is 5.32 Å². The SMILES string of the molecule is C[C@]1(OC(=O)CO)CNCCc2ccc(Cl)cc21. The number of hydrogen-bond acceptors (Lipinski definition) is 4. The van der Waals surface area contributed by atoms with Gasteiger partial charge < -0.3 is 15.2 Å². The minimum atomic E-state index is -0.795. The molecule has 0 fully saturated rings. The van der Waals surface area contributed by atoms with Gasteiger partial charge in [-0.1, -0.05) is 17.7 Å². The highest BCUT2D eigenvalue weighted by Gasteiger charge is 2.34. The smallest absolute Gasteiger partial charge is 0.332 e. The number of rotatable bonds is 2. The number of ether oxygens (including phenoxy) is 1. The molecule has 0 radical (unpaired) electrons. The van der Waals surface area contributed by atoms with Gasteiger partial charge in [0.05, 0.1) is 0 Å². The summed E-state index contributed by atoms with van der Waals surface area (Å²) in [5.41, 5.74) is 1.22. The molecule has 1 heterocycles. The molecule has 4 nitrogen and oxygen atoms in total. The van der Waals surface area contributed by atoms with Crippen molar-refractivity contribution >= 4 is 17.6 Å². The van der Waals surface area contributed by atoms with Crippen molar-refractivity contribution in [3.05, 3.63) is 34.3 Å². The fourth-order valence-electron chi connectivity index (χ4n) is 2.28. The van der Waals surface area contributed by atoms with E-state index in [0.29, 0.717) is 11.6 Å². The molecule has 0 saturated carbocycles. The summed E-state index contributed by atoms with van der Waals surface area (Å²) in [7, 11) is 0. The predicted octanol–water partition coefficient (Wildman–Crippen LogP) is 1.24. The maximum atomic E-state index is 11.4.